The Morgan fingerprint density at radius 2 is 1.70 bits per heavy atom. The summed E-state index contributed by atoms with van der Waals surface area (Å²) in [5.74, 6) is 0.0252. The standard InChI is InChI=1S/C21H21N3O3/c1-21(2)11-16-19(18(25)12-21)20(13-7-3-6-10-17(13)24(26)27)23-15-9-5-4-8-14(15)22-16/h3-10,20,22-23H,11-12H2,1-2H3/t20-/m1/s1. The van der Waals surface area contributed by atoms with Gasteiger partial charge in [0.05, 0.1) is 27.9 Å². The summed E-state index contributed by atoms with van der Waals surface area (Å²) in [6.45, 7) is 4.14. The van der Waals surface area contributed by atoms with Crippen molar-refractivity contribution in [2.75, 3.05) is 10.6 Å². The molecule has 0 fully saturated rings. The molecular formula is C21H21N3O3. The van der Waals surface area contributed by atoms with Gasteiger partial charge in [-0.05, 0) is 30.0 Å². The number of anilines is 2. The number of ketones is 1. The Balaban J connectivity index is 1.94. The number of fused-ring (bicyclic) bond motifs is 1. The molecule has 0 radical (unpaired) electrons. The molecule has 4 rings (SSSR count). The molecule has 138 valence electrons. The summed E-state index contributed by atoms with van der Waals surface area (Å²) in [6, 6.07) is 13.7. The van der Waals surface area contributed by atoms with E-state index in [1.54, 1.807) is 18.2 Å². The van der Waals surface area contributed by atoms with Gasteiger partial charge in [0.1, 0.15) is 0 Å². The highest BCUT2D eigenvalue weighted by atomic mass is 16.6. The number of para-hydroxylation sites is 3. The lowest BCUT2D eigenvalue weighted by atomic mass is 9.73. The van der Waals surface area contributed by atoms with Gasteiger partial charge in [-0.3, -0.25) is 14.9 Å². The average molecular weight is 363 g/mol. The van der Waals surface area contributed by atoms with Gasteiger partial charge in [-0.2, -0.15) is 0 Å². The van der Waals surface area contributed by atoms with Crippen molar-refractivity contribution < 1.29 is 9.72 Å². The fourth-order valence-corrected chi connectivity index (χ4v) is 4.02. The van der Waals surface area contributed by atoms with E-state index in [9.17, 15) is 14.9 Å². The highest BCUT2D eigenvalue weighted by Crippen LogP contribution is 2.46. The average Bonchev–Trinajstić information content (AvgIpc) is 2.76. The van der Waals surface area contributed by atoms with Crippen LogP contribution in [0.1, 0.15) is 38.3 Å². The molecule has 2 N–H and O–H groups in total. The monoisotopic (exact) mass is 363 g/mol. The van der Waals surface area contributed by atoms with Crippen LogP contribution in [-0.2, 0) is 4.79 Å². The predicted molar refractivity (Wildman–Crippen MR) is 105 cm³/mol. The smallest absolute Gasteiger partial charge is 0.275 e. The number of nitrogens with one attached hydrogen (secondary N) is 2. The zero-order valence-electron chi connectivity index (χ0n) is 15.3. The lowest BCUT2D eigenvalue weighted by molar-refractivity contribution is -0.385. The topological polar surface area (TPSA) is 84.3 Å². The number of allylic oxidation sites excluding steroid dienone is 1. The van der Waals surface area contributed by atoms with Gasteiger partial charge in [0.15, 0.2) is 5.78 Å². The lowest BCUT2D eigenvalue weighted by Gasteiger charge is -2.34. The molecule has 0 bridgehead atoms. The Labute approximate surface area is 157 Å². The number of carbonyl (C=O) groups excluding carboxylic acids is 1. The van der Waals surface area contributed by atoms with Crippen LogP contribution in [0.25, 0.3) is 0 Å². The van der Waals surface area contributed by atoms with Gasteiger partial charge in [0, 0.05) is 23.8 Å². The van der Waals surface area contributed by atoms with Gasteiger partial charge in [0.25, 0.3) is 5.69 Å². The van der Waals surface area contributed by atoms with Gasteiger partial charge in [-0.25, -0.2) is 0 Å². The summed E-state index contributed by atoms with van der Waals surface area (Å²) in [6.07, 6.45) is 1.13. The number of nitro groups is 1. The van der Waals surface area contributed by atoms with E-state index in [4.69, 9.17) is 0 Å². The molecule has 2 aromatic rings. The predicted octanol–water partition coefficient (Wildman–Crippen LogP) is 4.82. The lowest BCUT2D eigenvalue weighted by Crippen LogP contribution is -2.31. The minimum absolute atomic E-state index is 0.0128. The molecule has 6 heteroatoms. The Morgan fingerprint density at radius 1 is 1.04 bits per heavy atom. The van der Waals surface area contributed by atoms with Crippen LogP contribution in [-0.4, -0.2) is 10.7 Å². The van der Waals surface area contributed by atoms with Crippen LogP contribution in [0.2, 0.25) is 0 Å². The summed E-state index contributed by atoms with van der Waals surface area (Å²) in [5.41, 5.74) is 3.49. The zero-order valence-corrected chi connectivity index (χ0v) is 15.3. The van der Waals surface area contributed by atoms with Crippen LogP contribution in [0.3, 0.4) is 0 Å². The van der Waals surface area contributed by atoms with Gasteiger partial charge in [-0.15, -0.1) is 0 Å². The number of carbonyl (C=O) groups is 1. The second-order valence-corrected chi connectivity index (χ2v) is 7.90. The minimum atomic E-state index is -0.568. The Morgan fingerprint density at radius 3 is 2.44 bits per heavy atom. The molecule has 1 aliphatic carbocycles. The maximum Gasteiger partial charge on any atom is 0.275 e. The van der Waals surface area contributed by atoms with Crippen molar-refractivity contribution in [2.45, 2.75) is 32.7 Å². The Bertz CT molecular complexity index is 978. The van der Waals surface area contributed by atoms with Crippen LogP contribution in [0, 0.1) is 15.5 Å². The second kappa shape index (κ2) is 6.23. The molecular weight excluding hydrogens is 342 g/mol. The number of rotatable bonds is 2. The zero-order chi connectivity index (χ0) is 19.2. The van der Waals surface area contributed by atoms with Crippen LogP contribution in [0.5, 0.6) is 0 Å². The van der Waals surface area contributed by atoms with E-state index in [1.165, 1.54) is 6.07 Å². The molecule has 0 amide bonds. The van der Waals surface area contributed by atoms with E-state index < -0.39 is 11.0 Å². The summed E-state index contributed by atoms with van der Waals surface area (Å²) in [7, 11) is 0. The third-order valence-corrected chi connectivity index (χ3v) is 5.17. The first kappa shape index (κ1) is 17.3. The molecule has 6 nitrogen and oxygen atoms in total. The van der Waals surface area contributed by atoms with Gasteiger partial charge < -0.3 is 10.6 Å². The number of nitrogens with zero attached hydrogens (tertiary/aromatic N) is 1. The number of hydrogen-bond acceptors (Lipinski definition) is 5. The number of benzene rings is 2. The number of nitro benzene ring substituents is 1. The van der Waals surface area contributed by atoms with Crippen molar-refractivity contribution in [3.05, 3.63) is 75.5 Å². The first-order chi connectivity index (χ1) is 12.9. The third kappa shape index (κ3) is 3.07. The van der Waals surface area contributed by atoms with E-state index in [0.29, 0.717) is 24.0 Å². The summed E-state index contributed by atoms with van der Waals surface area (Å²) >= 11 is 0. The SMILES string of the molecule is CC1(C)CC(=O)C2=C(C1)Nc1ccccc1N[C@@H]2c1ccccc1[N+](=O)[O-]. The molecule has 0 aromatic heterocycles. The Kier molecular flexibility index (Phi) is 3.98. The van der Waals surface area contributed by atoms with Gasteiger partial charge >= 0.3 is 0 Å². The van der Waals surface area contributed by atoms with E-state index in [2.05, 4.69) is 24.5 Å². The summed E-state index contributed by atoms with van der Waals surface area (Å²) < 4.78 is 0. The molecule has 0 saturated carbocycles. The second-order valence-electron chi connectivity index (χ2n) is 7.90. The Hall–Kier alpha value is -3.15. The molecule has 0 saturated heterocycles. The van der Waals surface area contributed by atoms with Crippen molar-refractivity contribution in [2.24, 2.45) is 5.41 Å². The normalized spacial score (nSPS) is 20.7. The molecule has 2 aromatic carbocycles. The highest BCUT2D eigenvalue weighted by molar-refractivity contribution is 6.01. The van der Waals surface area contributed by atoms with Crippen LogP contribution >= 0.6 is 0 Å². The van der Waals surface area contributed by atoms with Crippen molar-refractivity contribution in [1.82, 2.24) is 0 Å². The number of Topliss-reactive ketones (excluding diaryl/α,β-unsaturated/α-hetero) is 1. The molecule has 1 aliphatic heterocycles. The molecule has 27 heavy (non-hydrogen) atoms. The van der Waals surface area contributed by atoms with Gasteiger partial charge in [-0.1, -0.05) is 38.1 Å². The summed E-state index contributed by atoms with van der Waals surface area (Å²) in [4.78, 5) is 24.3. The maximum atomic E-state index is 13.1. The molecule has 1 heterocycles. The van der Waals surface area contributed by atoms with Crippen LogP contribution < -0.4 is 10.6 Å². The third-order valence-electron chi connectivity index (χ3n) is 5.17. The molecule has 1 atom stereocenters. The van der Waals surface area contributed by atoms with E-state index in [0.717, 1.165) is 17.1 Å². The van der Waals surface area contributed by atoms with E-state index >= 15 is 0 Å². The van der Waals surface area contributed by atoms with Crippen molar-refractivity contribution in [1.29, 1.82) is 0 Å². The van der Waals surface area contributed by atoms with Gasteiger partial charge in [0.2, 0.25) is 0 Å². The highest BCUT2D eigenvalue weighted by Gasteiger charge is 2.40. The van der Waals surface area contributed by atoms with Crippen LogP contribution in [0.4, 0.5) is 17.1 Å². The summed E-state index contributed by atoms with van der Waals surface area (Å²) in [5, 5.41) is 18.4. The largest absolute Gasteiger partial charge is 0.372 e. The number of hydrogen-bond donors (Lipinski definition) is 2. The molecule has 2 aliphatic rings. The maximum absolute atomic E-state index is 13.1. The quantitative estimate of drug-likeness (QED) is 0.590. The first-order valence-corrected chi connectivity index (χ1v) is 8.98. The fraction of sp³-hybridized carbons (Fsp3) is 0.286. The van der Waals surface area contributed by atoms with E-state index in [-0.39, 0.29) is 16.9 Å². The van der Waals surface area contributed by atoms with E-state index in [1.807, 2.05) is 24.3 Å². The molecule has 0 unspecified atom stereocenters. The van der Waals surface area contributed by atoms with Crippen LogP contribution in [0.15, 0.2) is 59.8 Å². The fourth-order valence-electron chi connectivity index (χ4n) is 4.02. The first-order valence-electron chi connectivity index (χ1n) is 8.98. The molecule has 0 spiro atoms. The van der Waals surface area contributed by atoms with Crippen molar-refractivity contribution >= 4 is 22.8 Å². The minimum Gasteiger partial charge on any atom is -0.372 e. The van der Waals surface area contributed by atoms with Crippen molar-refractivity contribution in [3.8, 4) is 0 Å². The van der Waals surface area contributed by atoms with Crippen molar-refractivity contribution in [3.63, 3.8) is 0 Å².